The van der Waals surface area contributed by atoms with Crippen LogP contribution in [0.1, 0.15) is 33.0 Å². The summed E-state index contributed by atoms with van der Waals surface area (Å²) in [6.45, 7) is 6.57. The summed E-state index contributed by atoms with van der Waals surface area (Å²) >= 11 is 0. The molecule has 0 saturated carbocycles. The highest BCUT2D eigenvalue weighted by atomic mass is 16.5. The smallest absolute Gasteiger partial charge is 0.121 e. The van der Waals surface area contributed by atoms with Crippen LogP contribution in [0, 0.1) is 0 Å². The van der Waals surface area contributed by atoms with Crippen LogP contribution in [-0.4, -0.2) is 17.1 Å². The number of rotatable bonds is 3. The third-order valence-electron chi connectivity index (χ3n) is 3.21. The van der Waals surface area contributed by atoms with Crippen LogP contribution in [0.4, 0.5) is 0 Å². The molecule has 0 spiro atoms. The molecule has 0 radical (unpaired) electrons. The number of aromatic amines is 1. The Kier molecular flexibility index (Phi) is 2.62. The number of ether oxygens (including phenoxy) is 1. The molecule has 2 aromatic rings. The maximum atomic E-state index is 5.20. The number of fused-ring (bicyclic) bond motifs is 1. The second-order valence-corrected chi connectivity index (χ2v) is 4.71. The molecule has 2 rings (SSSR count). The Labute approximate surface area is 95.8 Å². The number of aromatic nitrogens is 2. The zero-order chi connectivity index (χ0) is 11.8. The van der Waals surface area contributed by atoms with Crippen molar-refractivity contribution < 1.29 is 4.74 Å². The molecule has 1 aromatic carbocycles. The maximum Gasteiger partial charge on any atom is 0.121 e. The lowest BCUT2D eigenvalue weighted by Gasteiger charge is -2.18. The van der Waals surface area contributed by atoms with Crippen LogP contribution in [0.3, 0.4) is 0 Å². The van der Waals surface area contributed by atoms with E-state index in [9.17, 15) is 0 Å². The van der Waals surface area contributed by atoms with Crippen molar-refractivity contribution in [3.05, 3.63) is 24.0 Å². The van der Waals surface area contributed by atoms with Crippen molar-refractivity contribution in [3.63, 3.8) is 0 Å². The number of hydrogen-bond acceptors (Lipinski definition) is 2. The molecule has 0 atom stereocenters. The first-order valence-corrected chi connectivity index (χ1v) is 5.61. The molecule has 0 bridgehead atoms. The molecule has 0 amide bonds. The van der Waals surface area contributed by atoms with Gasteiger partial charge in [-0.15, -0.1) is 0 Å². The minimum Gasteiger partial charge on any atom is -0.497 e. The molecule has 0 aliphatic carbocycles. The van der Waals surface area contributed by atoms with E-state index in [-0.39, 0.29) is 5.41 Å². The van der Waals surface area contributed by atoms with Gasteiger partial charge in [-0.05, 0) is 18.6 Å². The summed E-state index contributed by atoms with van der Waals surface area (Å²) in [7, 11) is 1.68. The molecule has 0 unspecified atom stereocenters. The quantitative estimate of drug-likeness (QED) is 0.858. The summed E-state index contributed by atoms with van der Waals surface area (Å²) in [5.74, 6) is 1.90. The number of nitrogens with one attached hydrogen (secondary N) is 1. The standard InChI is InChI=1S/C13H18N2O/c1-5-13(2,3)12-14-10-7-6-9(16-4)8-11(10)15-12/h6-8H,5H2,1-4H3,(H,14,15). The molecular weight excluding hydrogens is 200 g/mol. The third-order valence-corrected chi connectivity index (χ3v) is 3.21. The van der Waals surface area contributed by atoms with Crippen molar-refractivity contribution in [1.29, 1.82) is 0 Å². The SMILES string of the molecule is CCC(C)(C)c1nc2ccc(OC)cc2[nH]1. The van der Waals surface area contributed by atoms with Gasteiger partial charge in [0.1, 0.15) is 11.6 Å². The highest BCUT2D eigenvalue weighted by Crippen LogP contribution is 2.27. The fourth-order valence-corrected chi connectivity index (χ4v) is 1.60. The van der Waals surface area contributed by atoms with Gasteiger partial charge in [0.15, 0.2) is 0 Å². The first kappa shape index (κ1) is 11.0. The molecule has 3 heteroatoms. The van der Waals surface area contributed by atoms with Crippen LogP contribution in [0.5, 0.6) is 5.75 Å². The number of benzene rings is 1. The number of methoxy groups -OCH3 is 1. The molecule has 1 N–H and O–H groups in total. The van der Waals surface area contributed by atoms with E-state index in [4.69, 9.17) is 4.74 Å². The number of H-pyrrole nitrogens is 1. The number of nitrogens with zero attached hydrogens (tertiary/aromatic N) is 1. The maximum absolute atomic E-state index is 5.20. The normalized spacial score (nSPS) is 12.0. The van der Waals surface area contributed by atoms with Crippen molar-refractivity contribution in [3.8, 4) is 5.75 Å². The van der Waals surface area contributed by atoms with Crippen LogP contribution in [-0.2, 0) is 5.41 Å². The van der Waals surface area contributed by atoms with Crippen molar-refractivity contribution in [2.45, 2.75) is 32.6 Å². The summed E-state index contributed by atoms with van der Waals surface area (Å²) in [4.78, 5) is 7.99. The van der Waals surface area contributed by atoms with Gasteiger partial charge in [0.25, 0.3) is 0 Å². The summed E-state index contributed by atoms with van der Waals surface area (Å²) in [5.41, 5.74) is 2.12. The van der Waals surface area contributed by atoms with E-state index in [0.717, 1.165) is 29.0 Å². The Morgan fingerprint density at radius 2 is 2.12 bits per heavy atom. The fourth-order valence-electron chi connectivity index (χ4n) is 1.60. The monoisotopic (exact) mass is 218 g/mol. The van der Waals surface area contributed by atoms with Crippen molar-refractivity contribution in [2.24, 2.45) is 0 Å². The van der Waals surface area contributed by atoms with E-state index >= 15 is 0 Å². The van der Waals surface area contributed by atoms with E-state index in [2.05, 4.69) is 30.7 Å². The van der Waals surface area contributed by atoms with Gasteiger partial charge in [-0.3, -0.25) is 0 Å². The molecule has 1 aromatic heterocycles. The summed E-state index contributed by atoms with van der Waals surface area (Å²) < 4.78 is 5.20. The van der Waals surface area contributed by atoms with Crippen molar-refractivity contribution >= 4 is 11.0 Å². The van der Waals surface area contributed by atoms with E-state index in [1.807, 2.05) is 18.2 Å². The predicted molar refractivity (Wildman–Crippen MR) is 66.0 cm³/mol. The molecule has 0 aliphatic heterocycles. The van der Waals surface area contributed by atoms with E-state index in [0.29, 0.717) is 0 Å². The first-order valence-electron chi connectivity index (χ1n) is 5.61. The van der Waals surface area contributed by atoms with Crippen molar-refractivity contribution in [1.82, 2.24) is 9.97 Å². The zero-order valence-electron chi connectivity index (χ0n) is 10.3. The van der Waals surface area contributed by atoms with Crippen LogP contribution >= 0.6 is 0 Å². The number of hydrogen-bond donors (Lipinski definition) is 1. The van der Waals surface area contributed by atoms with Gasteiger partial charge < -0.3 is 9.72 Å². The lowest BCUT2D eigenvalue weighted by atomic mass is 9.90. The highest BCUT2D eigenvalue weighted by Gasteiger charge is 2.22. The Balaban J connectivity index is 2.52. The Morgan fingerprint density at radius 3 is 2.75 bits per heavy atom. The Hall–Kier alpha value is -1.51. The Morgan fingerprint density at radius 1 is 1.38 bits per heavy atom. The van der Waals surface area contributed by atoms with Gasteiger partial charge in [-0.2, -0.15) is 0 Å². The largest absolute Gasteiger partial charge is 0.497 e. The van der Waals surface area contributed by atoms with Crippen LogP contribution in [0.2, 0.25) is 0 Å². The van der Waals surface area contributed by atoms with Gasteiger partial charge in [0.2, 0.25) is 0 Å². The Bertz CT molecular complexity index is 500. The minimum absolute atomic E-state index is 0.0895. The summed E-state index contributed by atoms with van der Waals surface area (Å²) in [6, 6.07) is 5.91. The molecule has 86 valence electrons. The topological polar surface area (TPSA) is 37.9 Å². The van der Waals surface area contributed by atoms with E-state index in [1.165, 1.54) is 0 Å². The third kappa shape index (κ3) is 1.77. The number of imidazole rings is 1. The second kappa shape index (κ2) is 3.81. The van der Waals surface area contributed by atoms with Gasteiger partial charge in [0.05, 0.1) is 18.1 Å². The van der Waals surface area contributed by atoms with E-state index in [1.54, 1.807) is 7.11 Å². The lowest BCUT2D eigenvalue weighted by Crippen LogP contribution is -2.17. The van der Waals surface area contributed by atoms with Crippen LogP contribution < -0.4 is 4.74 Å². The van der Waals surface area contributed by atoms with Crippen LogP contribution in [0.25, 0.3) is 11.0 Å². The molecule has 0 saturated heterocycles. The van der Waals surface area contributed by atoms with Gasteiger partial charge in [0, 0.05) is 11.5 Å². The molecule has 16 heavy (non-hydrogen) atoms. The molecular formula is C13H18N2O. The van der Waals surface area contributed by atoms with E-state index < -0.39 is 0 Å². The highest BCUT2D eigenvalue weighted by molar-refractivity contribution is 5.77. The first-order chi connectivity index (χ1) is 7.56. The second-order valence-electron chi connectivity index (χ2n) is 4.71. The summed E-state index contributed by atoms with van der Waals surface area (Å²) in [6.07, 6.45) is 1.06. The summed E-state index contributed by atoms with van der Waals surface area (Å²) in [5, 5.41) is 0. The molecule has 1 heterocycles. The molecule has 0 fully saturated rings. The van der Waals surface area contributed by atoms with Crippen molar-refractivity contribution in [2.75, 3.05) is 7.11 Å². The van der Waals surface area contributed by atoms with Gasteiger partial charge in [-0.25, -0.2) is 4.98 Å². The molecule has 3 nitrogen and oxygen atoms in total. The molecule has 0 aliphatic rings. The lowest BCUT2D eigenvalue weighted by molar-refractivity contribution is 0.415. The minimum atomic E-state index is 0.0895. The van der Waals surface area contributed by atoms with Gasteiger partial charge >= 0.3 is 0 Å². The van der Waals surface area contributed by atoms with Crippen LogP contribution in [0.15, 0.2) is 18.2 Å². The average molecular weight is 218 g/mol. The fraction of sp³-hybridized carbons (Fsp3) is 0.462. The van der Waals surface area contributed by atoms with Gasteiger partial charge in [-0.1, -0.05) is 20.8 Å². The zero-order valence-corrected chi connectivity index (χ0v) is 10.3. The predicted octanol–water partition coefficient (Wildman–Crippen LogP) is 3.26. The average Bonchev–Trinajstić information content (AvgIpc) is 2.72.